The first kappa shape index (κ1) is 17.5. The van der Waals surface area contributed by atoms with Gasteiger partial charge in [-0.15, -0.1) is 0 Å². The summed E-state index contributed by atoms with van der Waals surface area (Å²) in [6.45, 7) is 5.37. The van der Waals surface area contributed by atoms with Crippen molar-refractivity contribution in [2.75, 3.05) is 13.1 Å². The smallest absolute Gasteiger partial charge is 0.422 e. The summed E-state index contributed by atoms with van der Waals surface area (Å²) in [5.41, 5.74) is 5.06. The molecule has 1 aliphatic rings. The van der Waals surface area contributed by atoms with Crippen LogP contribution in [0, 0.1) is 5.41 Å². The molecule has 21 heavy (non-hydrogen) atoms. The SMILES string of the molecule is CC(C)OC(=O)NS(=O)(=O)N1CCC(C)(C(N)=NO)CC1. The van der Waals surface area contributed by atoms with Crippen LogP contribution >= 0.6 is 0 Å². The molecule has 0 bridgehead atoms. The zero-order chi connectivity index (χ0) is 16.3. The van der Waals surface area contributed by atoms with Gasteiger partial charge >= 0.3 is 16.3 Å². The van der Waals surface area contributed by atoms with Gasteiger partial charge < -0.3 is 15.7 Å². The van der Waals surface area contributed by atoms with E-state index in [1.807, 2.05) is 4.72 Å². The van der Waals surface area contributed by atoms with Crippen molar-refractivity contribution < 1.29 is 23.2 Å². The van der Waals surface area contributed by atoms with Crippen molar-refractivity contribution >= 4 is 22.1 Å². The summed E-state index contributed by atoms with van der Waals surface area (Å²) in [6.07, 6.45) is -0.633. The predicted molar refractivity (Wildman–Crippen MR) is 76.0 cm³/mol. The molecule has 0 saturated carbocycles. The van der Waals surface area contributed by atoms with Crippen LogP contribution in [0.2, 0.25) is 0 Å². The van der Waals surface area contributed by atoms with E-state index in [0.29, 0.717) is 12.8 Å². The van der Waals surface area contributed by atoms with E-state index in [9.17, 15) is 13.2 Å². The summed E-state index contributed by atoms with van der Waals surface area (Å²) in [4.78, 5) is 11.4. The number of oxime groups is 1. The number of carbonyl (C=O) groups excluding carboxylic acids is 1. The monoisotopic (exact) mass is 322 g/mol. The van der Waals surface area contributed by atoms with Gasteiger partial charge in [0.05, 0.1) is 6.10 Å². The van der Waals surface area contributed by atoms with Crippen molar-refractivity contribution in [2.45, 2.75) is 39.7 Å². The molecule has 1 fully saturated rings. The van der Waals surface area contributed by atoms with Crippen molar-refractivity contribution in [1.29, 1.82) is 0 Å². The molecule has 122 valence electrons. The van der Waals surface area contributed by atoms with E-state index in [1.165, 1.54) is 0 Å². The van der Waals surface area contributed by atoms with Crippen LogP contribution in [-0.4, -0.2) is 49.1 Å². The van der Waals surface area contributed by atoms with Gasteiger partial charge in [0.2, 0.25) is 0 Å². The van der Waals surface area contributed by atoms with Crippen LogP contribution in [-0.2, 0) is 14.9 Å². The van der Waals surface area contributed by atoms with Gasteiger partial charge in [0, 0.05) is 18.5 Å². The van der Waals surface area contributed by atoms with Crippen LogP contribution in [0.3, 0.4) is 0 Å². The number of amidine groups is 1. The number of ether oxygens (including phenoxy) is 1. The molecule has 1 heterocycles. The summed E-state index contributed by atoms with van der Waals surface area (Å²) >= 11 is 0. The average Bonchev–Trinajstić information content (AvgIpc) is 2.36. The van der Waals surface area contributed by atoms with E-state index in [0.717, 1.165) is 4.31 Å². The van der Waals surface area contributed by atoms with Crippen molar-refractivity contribution in [3.63, 3.8) is 0 Å². The van der Waals surface area contributed by atoms with E-state index in [2.05, 4.69) is 5.16 Å². The fraction of sp³-hybridized carbons (Fsp3) is 0.818. The Balaban J connectivity index is 2.67. The van der Waals surface area contributed by atoms with Crippen LogP contribution in [0.4, 0.5) is 4.79 Å². The Bertz CT molecular complexity index is 509. The molecular formula is C11H22N4O5S. The molecule has 1 rings (SSSR count). The van der Waals surface area contributed by atoms with Crippen LogP contribution in [0.15, 0.2) is 5.16 Å². The lowest BCUT2D eigenvalue weighted by molar-refractivity contribution is 0.120. The van der Waals surface area contributed by atoms with Crippen LogP contribution in [0.5, 0.6) is 0 Å². The third-order valence-corrected chi connectivity index (χ3v) is 4.92. The highest BCUT2D eigenvalue weighted by atomic mass is 32.2. The molecule has 0 unspecified atom stereocenters. The van der Waals surface area contributed by atoms with Crippen molar-refractivity contribution in [3.05, 3.63) is 0 Å². The highest BCUT2D eigenvalue weighted by Crippen LogP contribution is 2.31. The fourth-order valence-electron chi connectivity index (χ4n) is 2.00. The first-order valence-electron chi connectivity index (χ1n) is 6.57. The van der Waals surface area contributed by atoms with Gasteiger partial charge in [0.25, 0.3) is 0 Å². The number of nitrogens with zero attached hydrogens (tertiary/aromatic N) is 2. The second kappa shape index (κ2) is 6.48. The second-order valence-electron chi connectivity index (χ2n) is 5.51. The van der Waals surface area contributed by atoms with Gasteiger partial charge in [-0.3, -0.25) is 0 Å². The molecule has 1 aliphatic heterocycles. The number of rotatable bonds is 4. The Kier molecular flexibility index (Phi) is 5.40. The van der Waals surface area contributed by atoms with E-state index < -0.39 is 27.8 Å². The third kappa shape index (κ3) is 4.46. The largest absolute Gasteiger partial charge is 0.446 e. The Hall–Kier alpha value is -1.55. The number of piperidine rings is 1. The summed E-state index contributed by atoms with van der Waals surface area (Å²) in [6, 6.07) is 0. The Morgan fingerprint density at radius 2 is 1.95 bits per heavy atom. The molecule has 10 heteroatoms. The average molecular weight is 322 g/mol. The Morgan fingerprint density at radius 1 is 1.43 bits per heavy atom. The molecule has 0 atom stereocenters. The summed E-state index contributed by atoms with van der Waals surface area (Å²) in [5, 5.41) is 11.7. The number of amides is 1. The topological polar surface area (TPSA) is 134 Å². The van der Waals surface area contributed by atoms with Gasteiger partial charge in [-0.05, 0) is 26.7 Å². The summed E-state index contributed by atoms with van der Waals surface area (Å²) in [5.74, 6) is 0.0757. The highest BCUT2D eigenvalue weighted by molar-refractivity contribution is 7.87. The molecule has 0 radical (unpaired) electrons. The molecule has 4 N–H and O–H groups in total. The lowest BCUT2D eigenvalue weighted by atomic mass is 9.80. The maximum Gasteiger partial charge on any atom is 0.422 e. The molecule has 9 nitrogen and oxygen atoms in total. The minimum Gasteiger partial charge on any atom is -0.446 e. The molecule has 0 aliphatic carbocycles. The first-order valence-corrected chi connectivity index (χ1v) is 8.01. The van der Waals surface area contributed by atoms with E-state index in [-0.39, 0.29) is 18.9 Å². The fourth-order valence-corrected chi connectivity index (χ4v) is 3.06. The molecule has 0 aromatic rings. The van der Waals surface area contributed by atoms with Gasteiger partial charge in [-0.2, -0.15) is 12.7 Å². The standard InChI is InChI=1S/C11H22N4O5S/c1-8(2)20-10(16)14-21(18,19)15-6-4-11(3,5-7-15)9(12)13-17/h8,17H,4-7H2,1-3H3,(H2,12,13)(H,14,16). The summed E-state index contributed by atoms with van der Waals surface area (Å²) < 4.78 is 31.8. The zero-order valence-electron chi connectivity index (χ0n) is 12.4. The number of hydrogen-bond acceptors (Lipinski definition) is 6. The quantitative estimate of drug-likeness (QED) is 0.293. The molecule has 1 saturated heterocycles. The van der Waals surface area contributed by atoms with Crippen LogP contribution < -0.4 is 10.5 Å². The Morgan fingerprint density at radius 3 is 2.38 bits per heavy atom. The minimum absolute atomic E-state index is 0.0757. The van der Waals surface area contributed by atoms with Gasteiger partial charge in [0.15, 0.2) is 0 Å². The highest BCUT2D eigenvalue weighted by Gasteiger charge is 2.38. The second-order valence-corrected chi connectivity index (χ2v) is 7.18. The van der Waals surface area contributed by atoms with Gasteiger partial charge in [0.1, 0.15) is 5.84 Å². The zero-order valence-corrected chi connectivity index (χ0v) is 13.2. The van der Waals surface area contributed by atoms with Crippen LogP contribution in [0.25, 0.3) is 0 Å². The van der Waals surface area contributed by atoms with Crippen molar-refractivity contribution in [2.24, 2.45) is 16.3 Å². The predicted octanol–water partition coefficient (Wildman–Crippen LogP) is 0.214. The normalized spacial score (nSPS) is 20.3. The molecule has 1 amide bonds. The third-order valence-electron chi connectivity index (χ3n) is 3.45. The van der Waals surface area contributed by atoms with E-state index in [4.69, 9.17) is 15.7 Å². The van der Waals surface area contributed by atoms with Crippen molar-refractivity contribution in [3.8, 4) is 0 Å². The van der Waals surface area contributed by atoms with Gasteiger partial charge in [-0.25, -0.2) is 9.52 Å². The minimum atomic E-state index is -3.95. The number of nitrogens with one attached hydrogen (secondary N) is 1. The maximum absolute atomic E-state index is 12.0. The first-order chi connectivity index (χ1) is 9.60. The van der Waals surface area contributed by atoms with Crippen molar-refractivity contribution in [1.82, 2.24) is 9.03 Å². The molecule has 0 aromatic carbocycles. The molecular weight excluding hydrogens is 300 g/mol. The number of hydrogen-bond donors (Lipinski definition) is 3. The lowest BCUT2D eigenvalue weighted by Gasteiger charge is -2.37. The lowest BCUT2D eigenvalue weighted by Crippen LogP contribution is -2.51. The Labute approximate surface area is 124 Å². The maximum atomic E-state index is 12.0. The van der Waals surface area contributed by atoms with Crippen LogP contribution in [0.1, 0.15) is 33.6 Å². The molecule has 0 aromatic heterocycles. The van der Waals surface area contributed by atoms with E-state index in [1.54, 1.807) is 20.8 Å². The number of carbonyl (C=O) groups is 1. The molecule has 0 spiro atoms. The number of nitrogens with two attached hydrogens (primary N) is 1. The van der Waals surface area contributed by atoms with E-state index >= 15 is 0 Å². The summed E-state index contributed by atoms with van der Waals surface area (Å²) in [7, 11) is -3.95. The van der Waals surface area contributed by atoms with Gasteiger partial charge in [-0.1, -0.05) is 12.1 Å².